The van der Waals surface area contributed by atoms with E-state index in [0.717, 1.165) is 11.1 Å². The molecule has 0 unspecified atom stereocenters. The number of thioether (sulfide) groups is 1. The van der Waals surface area contributed by atoms with Gasteiger partial charge in [-0.15, -0.1) is 0 Å². The van der Waals surface area contributed by atoms with Crippen LogP contribution in [0.3, 0.4) is 0 Å². The Morgan fingerprint density at radius 2 is 1.50 bits per heavy atom. The molecule has 1 aliphatic rings. The number of nitrogens with zero attached hydrogens (tertiary/aromatic N) is 2. The molecular weight excluding hydrogens is 480 g/mol. The first-order valence-electron chi connectivity index (χ1n) is 11.0. The predicted molar refractivity (Wildman–Crippen MR) is 138 cm³/mol. The van der Waals surface area contributed by atoms with Crippen LogP contribution in [0, 0.1) is 0 Å². The first-order valence-corrected chi connectivity index (χ1v) is 11.8. The Morgan fingerprint density at radius 1 is 0.917 bits per heavy atom. The van der Waals surface area contributed by atoms with Gasteiger partial charge in [0.05, 0.1) is 21.7 Å². The highest BCUT2D eigenvalue weighted by atomic mass is 32.2. The van der Waals surface area contributed by atoms with Gasteiger partial charge in [0.25, 0.3) is 5.91 Å². The Kier molecular flexibility index (Phi) is 7.50. The van der Waals surface area contributed by atoms with Gasteiger partial charge >= 0.3 is 11.9 Å². The van der Waals surface area contributed by atoms with Crippen molar-refractivity contribution < 1.29 is 29.3 Å². The normalized spacial score (nSPS) is 15.5. The van der Waals surface area contributed by atoms with E-state index in [0.29, 0.717) is 34.7 Å². The van der Waals surface area contributed by atoms with Gasteiger partial charge in [0, 0.05) is 6.54 Å². The standard InChI is InChI=1S/C27H22N2O6S/c1-2-29-24(30)23(36-27(29)28-21-11-9-20(10-12-21)26(33)34)15-17-5-13-22(14-6-17)35-16-18-3-7-19(8-4-18)25(31)32/h3-15H,2,16H2,1H3,(H,31,32)(H,33,34)/b23-15-,28-27?. The Hall–Kier alpha value is -4.37. The fourth-order valence-corrected chi connectivity index (χ4v) is 4.44. The molecule has 1 aliphatic heterocycles. The lowest BCUT2D eigenvalue weighted by Gasteiger charge is -2.12. The zero-order chi connectivity index (χ0) is 25.7. The summed E-state index contributed by atoms with van der Waals surface area (Å²) in [6.45, 7) is 2.62. The van der Waals surface area contributed by atoms with E-state index in [9.17, 15) is 14.4 Å². The van der Waals surface area contributed by atoms with Crippen LogP contribution in [0.25, 0.3) is 6.08 Å². The Bertz CT molecular complexity index is 1350. The van der Waals surface area contributed by atoms with Crippen molar-refractivity contribution in [2.75, 3.05) is 6.54 Å². The van der Waals surface area contributed by atoms with Crippen LogP contribution in [-0.4, -0.2) is 44.7 Å². The van der Waals surface area contributed by atoms with Crippen LogP contribution in [0.2, 0.25) is 0 Å². The van der Waals surface area contributed by atoms with Gasteiger partial charge in [0.15, 0.2) is 5.17 Å². The average molecular weight is 503 g/mol. The quantitative estimate of drug-likeness (QED) is 0.402. The highest BCUT2D eigenvalue weighted by molar-refractivity contribution is 8.18. The molecule has 0 spiro atoms. The summed E-state index contributed by atoms with van der Waals surface area (Å²) in [6.07, 6.45) is 1.79. The van der Waals surface area contributed by atoms with Crippen LogP contribution in [-0.2, 0) is 11.4 Å². The zero-order valence-electron chi connectivity index (χ0n) is 19.2. The summed E-state index contributed by atoms with van der Waals surface area (Å²) in [4.78, 5) is 41.5. The smallest absolute Gasteiger partial charge is 0.335 e. The molecule has 3 aromatic rings. The number of benzene rings is 3. The molecule has 3 aromatic carbocycles. The summed E-state index contributed by atoms with van der Waals surface area (Å²) >= 11 is 1.26. The number of aromatic carboxylic acids is 2. The number of aliphatic imine (C=N–C) groups is 1. The molecule has 0 aliphatic carbocycles. The number of carboxylic acid groups (broad SMARTS) is 2. The number of hydrogen-bond donors (Lipinski definition) is 2. The Labute approximate surface area is 211 Å². The molecule has 0 bridgehead atoms. The van der Waals surface area contributed by atoms with E-state index < -0.39 is 11.9 Å². The lowest BCUT2D eigenvalue weighted by molar-refractivity contribution is -0.122. The van der Waals surface area contributed by atoms with Crippen LogP contribution in [0.15, 0.2) is 82.7 Å². The molecule has 9 heteroatoms. The molecule has 1 heterocycles. The molecule has 0 atom stereocenters. The summed E-state index contributed by atoms with van der Waals surface area (Å²) in [6, 6.07) is 20.0. The van der Waals surface area contributed by atoms with Gasteiger partial charge in [0.2, 0.25) is 0 Å². The molecule has 0 aromatic heterocycles. The van der Waals surface area contributed by atoms with Gasteiger partial charge in [-0.2, -0.15) is 0 Å². The second kappa shape index (κ2) is 10.9. The highest BCUT2D eigenvalue weighted by Crippen LogP contribution is 2.34. The monoisotopic (exact) mass is 502 g/mol. The predicted octanol–water partition coefficient (Wildman–Crippen LogP) is 5.29. The minimum Gasteiger partial charge on any atom is -0.489 e. The highest BCUT2D eigenvalue weighted by Gasteiger charge is 2.32. The van der Waals surface area contributed by atoms with E-state index in [1.165, 1.54) is 36.0 Å². The summed E-state index contributed by atoms with van der Waals surface area (Å²) in [5, 5.41) is 18.6. The number of amides is 1. The summed E-state index contributed by atoms with van der Waals surface area (Å²) in [5.41, 5.74) is 2.64. The van der Waals surface area contributed by atoms with Gasteiger partial charge in [0.1, 0.15) is 12.4 Å². The van der Waals surface area contributed by atoms with Gasteiger partial charge < -0.3 is 14.9 Å². The molecule has 1 fully saturated rings. The largest absolute Gasteiger partial charge is 0.489 e. The maximum Gasteiger partial charge on any atom is 0.335 e. The third-order valence-corrected chi connectivity index (χ3v) is 6.33. The number of amidine groups is 1. The minimum absolute atomic E-state index is 0.145. The number of carbonyl (C=O) groups is 3. The van der Waals surface area contributed by atoms with Gasteiger partial charge in [-0.1, -0.05) is 24.3 Å². The van der Waals surface area contributed by atoms with Crippen LogP contribution < -0.4 is 4.74 Å². The zero-order valence-corrected chi connectivity index (χ0v) is 20.1. The van der Waals surface area contributed by atoms with Crippen molar-refractivity contribution in [2.45, 2.75) is 13.5 Å². The third kappa shape index (κ3) is 5.81. The van der Waals surface area contributed by atoms with Gasteiger partial charge in [-0.3, -0.25) is 9.69 Å². The van der Waals surface area contributed by atoms with E-state index in [4.69, 9.17) is 14.9 Å². The summed E-state index contributed by atoms with van der Waals surface area (Å²) in [7, 11) is 0. The average Bonchev–Trinajstić information content (AvgIpc) is 3.17. The van der Waals surface area contributed by atoms with Crippen LogP contribution in [0.1, 0.15) is 38.8 Å². The van der Waals surface area contributed by atoms with Gasteiger partial charge in [-0.25, -0.2) is 14.6 Å². The number of rotatable bonds is 8. The van der Waals surface area contributed by atoms with E-state index in [-0.39, 0.29) is 17.0 Å². The first kappa shape index (κ1) is 24.7. The van der Waals surface area contributed by atoms with E-state index in [1.807, 2.05) is 19.1 Å². The van der Waals surface area contributed by atoms with Gasteiger partial charge in [-0.05, 0) is 84.4 Å². The molecule has 0 radical (unpaired) electrons. The maximum atomic E-state index is 12.9. The van der Waals surface area contributed by atoms with Crippen molar-refractivity contribution >= 4 is 46.5 Å². The molecular formula is C27H22N2O6S. The number of hydrogen-bond acceptors (Lipinski definition) is 6. The number of ether oxygens (including phenoxy) is 1. The second-order valence-electron chi connectivity index (χ2n) is 7.77. The molecule has 4 rings (SSSR count). The first-order chi connectivity index (χ1) is 17.3. The SMILES string of the molecule is CCN1C(=O)/C(=C/c2ccc(OCc3ccc(C(=O)O)cc3)cc2)SC1=Nc1ccc(C(=O)O)cc1. The number of carbonyl (C=O) groups excluding carboxylic acids is 1. The molecule has 1 amide bonds. The van der Waals surface area contributed by atoms with Crippen molar-refractivity contribution in [3.8, 4) is 5.75 Å². The molecule has 36 heavy (non-hydrogen) atoms. The summed E-state index contributed by atoms with van der Waals surface area (Å²) < 4.78 is 5.78. The molecule has 0 saturated carbocycles. The van der Waals surface area contributed by atoms with Crippen molar-refractivity contribution in [2.24, 2.45) is 4.99 Å². The lowest BCUT2D eigenvalue weighted by Crippen LogP contribution is -2.28. The minimum atomic E-state index is -1.01. The van der Waals surface area contributed by atoms with Crippen LogP contribution in [0.4, 0.5) is 5.69 Å². The Balaban J connectivity index is 1.43. The Morgan fingerprint density at radius 3 is 2.06 bits per heavy atom. The fraction of sp³-hybridized carbons (Fsp3) is 0.111. The van der Waals surface area contributed by atoms with Crippen molar-refractivity contribution in [3.05, 3.63) is 100.0 Å². The molecule has 182 valence electrons. The molecule has 8 nitrogen and oxygen atoms in total. The van der Waals surface area contributed by atoms with Crippen molar-refractivity contribution in [1.29, 1.82) is 0 Å². The van der Waals surface area contributed by atoms with E-state index in [1.54, 1.807) is 47.4 Å². The maximum absolute atomic E-state index is 12.9. The van der Waals surface area contributed by atoms with E-state index in [2.05, 4.69) is 4.99 Å². The second-order valence-corrected chi connectivity index (χ2v) is 8.78. The van der Waals surface area contributed by atoms with Crippen LogP contribution in [0.5, 0.6) is 5.75 Å². The van der Waals surface area contributed by atoms with Crippen LogP contribution >= 0.6 is 11.8 Å². The topological polar surface area (TPSA) is 117 Å². The van der Waals surface area contributed by atoms with E-state index >= 15 is 0 Å². The summed E-state index contributed by atoms with van der Waals surface area (Å²) in [5.74, 6) is -1.48. The molecule has 2 N–H and O–H groups in total. The fourth-order valence-electron chi connectivity index (χ4n) is 3.38. The molecule has 1 saturated heterocycles. The third-order valence-electron chi connectivity index (χ3n) is 5.33. The van der Waals surface area contributed by atoms with Crippen molar-refractivity contribution in [1.82, 2.24) is 4.90 Å². The lowest BCUT2D eigenvalue weighted by atomic mass is 10.1. The number of carboxylic acids is 2. The van der Waals surface area contributed by atoms with Crippen molar-refractivity contribution in [3.63, 3.8) is 0 Å². The number of likely N-dealkylation sites (N-methyl/N-ethyl adjacent to an activating group) is 1.